The molecule has 0 aliphatic rings. The van der Waals surface area contributed by atoms with E-state index in [1.807, 2.05) is 32.0 Å². The maximum absolute atomic E-state index is 11.5. The van der Waals surface area contributed by atoms with Gasteiger partial charge in [-0.15, -0.1) is 0 Å². The zero-order chi connectivity index (χ0) is 18.3. The second-order valence-corrected chi connectivity index (χ2v) is 6.23. The first-order valence-corrected chi connectivity index (χ1v) is 7.97. The molecule has 0 N–H and O–H groups in total. The van der Waals surface area contributed by atoms with Crippen molar-refractivity contribution in [1.29, 1.82) is 0 Å². The molecule has 0 heterocycles. The SMILES string of the molecule is C=C(C)C(=O)OCC(C)c1cccc(C(C)COC(=O)C(=C)C)c1. The highest BCUT2D eigenvalue weighted by atomic mass is 16.5. The van der Waals surface area contributed by atoms with Gasteiger partial charge in [-0.1, -0.05) is 51.3 Å². The van der Waals surface area contributed by atoms with Crippen LogP contribution >= 0.6 is 0 Å². The molecular weight excluding hydrogens is 304 g/mol. The van der Waals surface area contributed by atoms with E-state index in [0.717, 1.165) is 11.1 Å². The number of hydrogen-bond donors (Lipinski definition) is 0. The van der Waals surface area contributed by atoms with E-state index in [9.17, 15) is 9.59 Å². The van der Waals surface area contributed by atoms with Crippen molar-refractivity contribution in [3.05, 3.63) is 59.7 Å². The van der Waals surface area contributed by atoms with Gasteiger partial charge in [-0.2, -0.15) is 0 Å². The van der Waals surface area contributed by atoms with E-state index in [2.05, 4.69) is 19.2 Å². The lowest BCUT2D eigenvalue weighted by Gasteiger charge is -2.17. The van der Waals surface area contributed by atoms with E-state index in [-0.39, 0.29) is 23.8 Å². The minimum absolute atomic E-state index is 0.0680. The van der Waals surface area contributed by atoms with Crippen molar-refractivity contribution >= 4 is 11.9 Å². The minimum atomic E-state index is -0.377. The highest BCUT2D eigenvalue weighted by Crippen LogP contribution is 2.22. The first-order chi connectivity index (χ1) is 11.2. The van der Waals surface area contributed by atoms with E-state index in [0.29, 0.717) is 24.4 Å². The van der Waals surface area contributed by atoms with Gasteiger partial charge in [0.15, 0.2) is 0 Å². The molecule has 0 bridgehead atoms. The lowest BCUT2D eigenvalue weighted by Crippen LogP contribution is -2.13. The highest BCUT2D eigenvalue weighted by Gasteiger charge is 2.14. The van der Waals surface area contributed by atoms with E-state index in [1.54, 1.807) is 13.8 Å². The normalized spacial score (nSPS) is 12.8. The van der Waals surface area contributed by atoms with Crippen LogP contribution in [0.15, 0.2) is 48.6 Å². The van der Waals surface area contributed by atoms with E-state index in [4.69, 9.17) is 9.47 Å². The summed E-state index contributed by atoms with van der Waals surface area (Å²) >= 11 is 0. The molecule has 2 unspecified atom stereocenters. The fraction of sp³-hybridized carbons (Fsp3) is 0.400. The molecular formula is C20H26O4. The quantitative estimate of drug-likeness (QED) is 0.531. The van der Waals surface area contributed by atoms with Gasteiger partial charge < -0.3 is 9.47 Å². The lowest BCUT2D eigenvalue weighted by atomic mass is 9.95. The summed E-state index contributed by atoms with van der Waals surface area (Å²) in [7, 11) is 0. The van der Waals surface area contributed by atoms with Crippen LogP contribution in [0.2, 0.25) is 0 Å². The van der Waals surface area contributed by atoms with Gasteiger partial charge in [-0.25, -0.2) is 9.59 Å². The van der Waals surface area contributed by atoms with Gasteiger partial charge in [0.25, 0.3) is 0 Å². The summed E-state index contributed by atoms with van der Waals surface area (Å²) in [5, 5.41) is 0. The van der Waals surface area contributed by atoms with Gasteiger partial charge >= 0.3 is 11.9 Å². The first-order valence-electron chi connectivity index (χ1n) is 7.97. The number of carbonyl (C=O) groups is 2. The zero-order valence-electron chi connectivity index (χ0n) is 14.9. The summed E-state index contributed by atoms with van der Waals surface area (Å²) in [5.74, 6) is -0.618. The van der Waals surface area contributed by atoms with Crippen LogP contribution in [-0.2, 0) is 19.1 Å². The molecule has 0 radical (unpaired) electrons. The largest absolute Gasteiger partial charge is 0.462 e. The van der Waals surface area contributed by atoms with Crippen LogP contribution in [0, 0.1) is 0 Å². The van der Waals surface area contributed by atoms with E-state index < -0.39 is 0 Å². The van der Waals surface area contributed by atoms with Crippen LogP contribution < -0.4 is 0 Å². The molecule has 4 heteroatoms. The average molecular weight is 330 g/mol. The van der Waals surface area contributed by atoms with Gasteiger partial charge in [0.1, 0.15) is 0 Å². The van der Waals surface area contributed by atoms with Crippen LogP contribution in [0.4, 0.5) is 0 Å². The Labute approximate surface area is 144 Å². The monoisotopic (exact) mass is 330 g/mol. The number of esters is 2. The molecule has 1 aromatic rings. The summed E-state index contributed by atoms with van der Waals surface area (Å²) in [6.07, 6.45) is 0. The number of benzene rings is 1. The molecule has 0 aromatic heterocycles. The Kier molecular flexibility index (Phi) is 7.43. The van der Waals surface area contributed by atoms with Crippen LogP contribution in [0.3, 0.4) is 0 Å². The maximum atomic E-state index is 11.5. The van der Waals surface area contributed by atoms with Gasteiger partial charge in [-0.3, -0.25) is 0 Å². The second-order valence-electron chi connectivity index (χ2n) is 6.23. The van der Waals surface area contributed by atoms with Crippen molar-refractivity contribution in [1.82, 2.24) is 0 Å². The standard InChI is InChI=1S/C20H26O4/c1-13(2)19(21)23-11-15(5)17-8-7-9-18(10-17)16(6)12-24-20(22)14(3)4/h7-10,15-16H,1,3,11-12H2,2,4-6H3. The molecule has 1 aromatic carbocycles. The van der Waals surface area contributed by atoms with Gasteiger partial charge in [0.05, 0.1) is 13.2 Å². The van der Waals surface area contributed by atoms with E-state index in [1.165, 1.54) is 0 Å². The van der Waals surface area contributed by atoms with Crippen molar-refractivity contribution in [2.24, 2.45) is 0 Å². The predicted molar refractivity (Wildman–Crippen MR) is 94.8 cm³/mol. The maximum Gasteiger partial charge on any atom is 0.333 e. The van der Waals surface area contributed by atoms with Crippen molar-refractivity contribution in [2.75, 3.05) is 13.2 Å². The van der Waals surface area contributed by atoms with Crippen molar-refractivity contribution in [3.8, 4) is 0 Å². The summed E-state index contributed by atoms with van der Waals surface area (Å²) < 4.78 is 10.4. The molecule has 2 atom stereocenters. The first kappa shape index (κ1) is 19.7. The Hall–Kier alpha value is -2.36. The third kappa shape index (κ3) is 6.03. The van der Waals surface area contributed by atoms with Crippen molar-refractivity contribution in [2.45, 2.75) is 39.5 Å². The smallest absolute Gasteiger partial charge is 0.333 e. The predicted octanol–water partition coefficient (Wildman–Crippen LogP) is 4.13. The molecule has 0 fully saturated rings. The zero-order valence-corrected chi connectivity index (χ0v) is 14.9. The number of carbonyl (C=O) groups excluding carboxylic acids is 2. The van der Waals surface area contributed by atoms with Gasteiger partial charge in [0, 0.05) is 23.0 Å². The third-order valence-electron chi connectivity index (χ3n) is 3.67. The average Bonchev–Trinajstić information content (AvgIpc) is 2.56. The number of ether oxygens (including phenoxy) is 2. The minimum Gasteiger partial charge on any atom is -0.462 e. The Morgan fingerprint density at radius 1 is 0.917 bits per heavy atom. The molecule has 0 amide bonds. The Morgan fingerprint density at radius 2 is 1.29 bits per heavy atom. The molecule has 0 spiro atoms. The Morgan fingerprint density at radius 3 is 1.62 bits per heavy atom. The van der Waals surface area contributed by atoms with Gasteiger partial charge in [0.2, 0.25) is 0 Å². The summed E-state index contributed by atoms with van der Waals surface area (Å²) in [4.78, 5) is 23.0. The molecule has 1 rings (SSSR count). The fourth-order valence-corrected chi connectivity index (χ4v) is 2.01. The number of hydrogen-bond acceptors (Lipinski definition) is 4. The molecule has 0 saturated heterocycles. The fourth-order valence-electron chi connectivity index (χ4n) is 2.01. The third-order valence-corrected chi connectivity index (χ3v) is 3.67. The van der Waals surface area contributed by atoms with E-state index >= 15 is 0 Å². The van der Waals surface area contributed by atoms with Crippen molar-refractivity contribution < 1.29 is 19.1 Å². The Balaban J connectivity index is 2.68. The van der Waals surface area contributed by atoms with Crippen molar-refractivity contribution in [3.63, 3.8) is 0 Å². The molecule has 24 heavy (non-hydrogen) atoms. The molecule has 0 aliphatic carbocycles. The molecule has 130 valence electrons. The van der Waals surface area contributed by atoms with Crippen LogP contribution in [0.25, 0.3) is 0 Å². The second kappa shape index (κ2) is 9.06. The Bertz CT molecular complexity index is 579. The highest BCUT2D eigenvalue weighted by molar-refractivity contribution is 5.87. The lowest BCUT2D eigenvalue weighted by molar-refractivity contribution is -0.140. The van der Waals surface area contributed by atoms with Gasteiger partial charge in [-0.05, 0) is 25.0 Å². The molecule has 4 nitrogen and oxygen atoms in total. The molecule has 0 aliphatic heterocycles. The van der Waals surface area contributed by atoms with Crippen LogP contribution in [0.5, 0.6) is 0 Å². The van der Waals surface area contributed by atoms with Crippen LogP contribution in [-0.4, -0.2) is 25.2 Å². The summed E-state index contributed by atoms with van der Waals surface area (Å²) in [6.45, 7) is 15.0. The summed E-state index contributed by atoms with van der Waals surface area (Å²) in [6, 6.07) is 8.00. The topological polar surface area (TPSA) is 52.6 Å². The van der Waals surface area contributed by atoms with Crippen LogP contribution in [0.1, 0.15) is 50.7 Å². The molecule has 0 saturated carbocycles. The summed E-state index contributed by atoms with van der Waals surface area (Å²) in [5.41, 5.74) is 2.92. The number of rotatable bonds is 8.